The van der Waals surface area contributed by atoms with Gasteiger partial charge in [-0.25, -0.2) is 0 Å². The molecule has 23 heavy (non-hydrogen) atoms. The van der Waals surface area contributed by atoms with Gasteiger partial charge in [-0.05, 0) is 31.5 Å². The van der Waals surface area contributed by atoms with Crippen LogP contribution >= 0.6 is 15.9 Å². The Morgan fingerprint density at radius 1 is 1.39 bits per heavy atom. The zero-order chi connectivity index (χ0) is 17.0. The third-order valence-corrected chi connectivity index (χ3v) is 5.05. The van der Waals surface area contributed by atoms with E-state index >= 15 is 0 Å². The van der Waals surface area contributed by atoms with Crippen molar-refractivity contribution in [2.24, 2.45) is 5.73 Å². The van der Waals surface area contributed by atoms with Crippen LogP contribution in [0.4, 0.5) is 0 Å². The number of carbonyl (C=O) groups is 1. The first kappa shape index (κ1) is 18.4. The molecule has 1 aliphatic rings. The van der Waals surface area contributed by atoms with Crippen LogP contribution in [0.15, 0.2) is 28.7 Å². The molecule has 0 aliphatic carbocycles. The summed E-state index contributed by atoms with van der Waals surface area (Å²) in [5.41, 5.74) is 6.21. The quantitative estimate of drug-likeness (QED) is 0.841. The van der Waals surface area contributed by atoms with Gasteiger partial charge in [0.15, 0.2) is 0 Å². The lowest BCUT2D eigenvalue weighted by Crippen LogP contribution is -2.59. The molecule has 6 heteroatoms. The van der Waals surface area contributed by atoms with Crippen LogP contribution in [0.2, 0.25) is 0 Å². The molecular weight excluding hydrogens is 358 g/mol. The van der Waals surface area contributed by atoms with Gasteiger partial charge in [0.05, 0.1) is 6.61 Å². The number of methoxy groups -OCH3 is 1. The highest BCUT2D eigenvalue weighted by Gasteiger charge is 2.37. The van der Waals surface area contributed by atoms with Gasteiger partial charge in [0.25, 0.3) is 0 Å². The summed E-state index contributed by atoms with van der Waals surface area (Å²) in [5, 5.41) is 0. The molecule has 1 aromatic carbocycles. The van der Waals surface area contributed by atoms with E-state index < -0.39 is 5.54 Å². The van der Waals surface area contributed by atoms with Gasteiger partial charge in [0.1, 0.15) is 5.54 Å². The molecule has 1 aliphatic heterocycles. The summed E-state index contributed by atoms with van der Waals surface area (Å²) in [6.07, 6.45) is 0. The molecule has 0 aromatic heterocycles. The van der Waals surface area contributed by atoms with Gasteiger partial charge < -0.3 is 15.4 Å². The minimum atomic E-state index is -1.00. The van der Waals surface area contributed by atoms with E-state index in [4.69, 9.17) is 10.5 Å². The molecule has 1 fully saturated rings. The monoisotopic (exact) mass is 383 g/mol. The lowest BCUT2D eigenvalue weighted by atomic mass is 9.91. The van der Waals surface area contributed by atoms with Crippen LogP contribution < -0.4 is 5.73 Å². The summed E-state index contributed by atoms with van der Waals surface area (Å²) in [5.74, 6) is -0.0157. The van der Waals surface area contributed by atoms with E-state index in [1.54, 1.807) is 14.0 Å². The van der Waals surface area contributed by atoms with E-state index in [0.29, 0.717) is 25.7 Å². The lowest BCUT2D eigenvalue weighted by Gasteiger charge is -2.42. The molecule has 1 saturated heterocycles. The van der Waals surface area contributed by atoms with Gasteiger partial charge in [-0.15, -0.1) is 0 Å². The summed E-state index contributed by atoms with van der Waals surface area (Å²) < 4.78 is 6.12. The van der Waals surface area contributed by atoms with Gasteiger partial charge in [-0.2, -0.15) is 0 Å². The van der Waals surface area contributed by atoms with Crippen LogP contribution in [0, 0.1) is 0 Å². The number of ether oxygens (including phenoxy) is 1. The van der Waals surface area contributed by atoms with Crippen molar-refractivity contribution in [3.05, 3.63) is 34.3 Å². The van der Waals surface area contributed by atoms with Crippen molar-refractivity contribution in [1.29, 1.82) is 0 Å². The van der Waals surface area contributed by atoms with E-state index in [0.717, 1.165) is 23.1 Å². The number of hydrogen-bond donors (Lipinski definition) is 1. The first-order valence-electron chi connectivity index (χ1n) is 7.93. The third kappa shape index (κ3) is 4.32. The van der Waals surface area contributed by atoms with E-state index in [-0.39, 0.29) is 5.91 Å². The largest absolute Gasteiger partial charge is 0.383 e. The Bertz CT molecular complexity index is 533. The first-order valence-corrected chi connectivity index (χ1v) is 8.73. The van der Waals surface area contributed by atoms with Crippen LogP contribution in [-0.2, 0) is 15.1 Å². The number of nitrogens with zero attached hydrogens (tertiary/aromatic N) is 2. The molecule has 0 radical (unpaired) electrons. The topological polar surface area (TPSA) is 58.8 Å². The van der Waals surface area contributed by atoms with Gasteiger partial charge in [-0.3, -0.25) is 9.69 Å². The number of benzene rings is 1. The Labute approximate surface area is 146 Å². The molecule has 2 N–H and O–H groups in total. The maximum atomic E-state index is 12.9. The molecular formula is C17H26BrN3O2. The van der Waals surface area contributed by atoms with Crippen LogP contribution in [0.3, 0.4) is 0 Å². The van der Waals surface area contributed by atoms with E-state index in [1.165, 1.54) is 0 Å². The number of rotatable bonds is 5. The smallest absolute Gasteiger partial charge is 0.247 e. The molecule has 2 atom stereocenters. The van der Waals surface area contributed by atoms with E-state index in [2.05, 4.69) is 27.8 Å². The molecule has 2 unspecified atom stereocenters. The normalized spacial score (nSPS) is 22.0. The van der Waals surface area contributed by atoms with Crippen LogP contribution in [0.5, 0.6) is 0 Å². The molecule has 1 heterocycles. The standard InChI is InChI=1S/C17H26BrN3O2/c1-13-12-21(9-8-20(13)10-11-23-3)16(22)17(2,19)14-4-6-15(18)7-5-14/h4-7,13H,8-12,19H2,1-3H3. The van der Waals surface area contributed by atoms with Crippen LogP contribution in [0.25, 0.3) is 0 Å². The van der Waals surface area contributed by atoms with Crippen molar-refractivity contribution >= 4 is 21.8 Å². The SMILES string of the molecule is COCCN1CCN(C(=O)C(C)(N)c2ccc(Br)cc2)CC1C. The average molecular weight is 384 g/mol. The number of carbonyl (C=O) groups excluding carboxylic acids is 1. The Morgan fingerprint density at radius 2 is 2.04 bits per heavy atom. The maximum Gasteiger partial charge on any atom is 0.247 e. The lowest BCUT2D eigenvalue weighted by molar-refractivity contribution is -0.139. The minimum absolute atomic E-state index is 0.0157. The highest BCUT2D eigenvalue weighted by Crippen LogP contribution is 2.24. The predicted molar refractivity (Wildman–Crippen MR) is 95.2 cm³/mol. The van der Waals surface area contributed by atoms with Gasteiger partial charge in [0.2, 0.25) is 5.91 Å². The molecule has 0 saturated carbocycles. The maximum absolute atomic E-state index is 12.9. The predicted octanol–water partition coefficient (Wildman–Crippen LogP) is 1.80. The summed E-state index contributed by atoms with van der Waals surface area (Å²) in [6.45, 7) is 7.80. The zero-order valence-corrected chi connectivity index (χ0v) is 15.7. The van der Waals surface area contributed by atoms with Gasteiger partial charge >= 0.3 is 0 Å². The Kier molecular flexibility index (Phi) is 6.19. The highest BCUT2D eigenvalue weighted by molar-refractivity contribution is 9.10. The molecule has 2 rings (SSSR count). The fourth-order valence-corrected chi connectivity index (χ4v) is 3.23. The number of hydrogen-bond acceptors (Lipinski definition) is 4. The molecule has 1 aromatic rings. The number of amides is 1. The zero-order valence-electron chi connectivity index (χ0n) is 14.1. The molecule has 0 spiro atoms. The second-order valence-electron chi connectivity index (χ2n) is 6.34. The summed E-state index contributed by atoms with van der Waals surface area (Å²) >= 11 is 3.41. The molecule has 1 amide bonds. The summed E-state index contributed by atoms with van der Waals surface area (Å²) in [6, 6.07) is 7.95. The minimum Gasteiger partial charge on any atom is -0.383 e. The molecule has 128 valence electrons. The van der Waals surface area contributed by atoms with Crippen molar-refractivity contribution in [1.82, 2.24) is 9.80 Å². The number of nitrogens with two attached hydrogens (primary N) is 1. The summed E-state index contributed by atoms with van der Waals surface area (Å²) in [7, 11) is 1.71. The fraction of sp³-hybridized carbons (Fsp3) is 0.588. The first-order chi connectivity index (χ1) is 10.9. The van der Waals surface area contributed by atoms with Gasteiger partial charge in [-0.1, -0.05) is 28.1 Å². The number of piperazine rings is 1. The summed E-state index contributed by atoms with van der Waals surface area (Å²) in [4.78, 5) is 17.2. The van der Waals surface area contributed by atoms with Gasteiger partial charge in [0, 0.05) is 43.8 Å². The average Bonchev–Trinajstić information content (AvgIpc) is 2.53. The Hall–Kier alpha value is -0.950. The van der Waals surface area contributed by atoms with Crippen molar-refractivity contribution in [3.63, 3.8) is 0 Å². The van der Waals surface area contributed by atoms with E-state index in [9.17, 15) is 4.79 Å². The second kappa shape index (κ2) is 7.75. The van der Waals surface area contributed by atoms with Crippen molar-refractivity contribution < 1.29 is 9.53 Å². The van der Waals surface area contributed by atoms with Crippen molar-refractivity contribution in [2.45, 2.75) is 25.4 Å². The third-order valence-electron chi connectivity index (χ3n) is 4.52. The Morgan fingerprint density at radius 3 is 2.61 bits per heavy atom. The second-order valence-corrected chi connectivity index (χ2v) is 7.25. The Balaban J connectivity index is 2.04. The fourth-order valence-electron chi connectivity index (χ4n) is 2.97. The number of halogens is 1. The molecule has 0 bridgehead atoms. The molecule has 5 nitrogen and oxygen atoms in total. The van der Waals surface area contributed by atoms with Crippen molar-refractivity contribution in [2.75, 3.05) is 39.9 Å². The van der Waals surface area contributed by atoms with Crippen molar-refractivity contribution in [3.8, 4) is 0 Å². The van der Waals surface area contributed by atoms with Crippen LogP contribution in [0.1, 0.15) is 19.4 Å². The highest BCUT2D eigenvalue weighted by atomic mass is 79.9. The van der Waals surface area contributed by atoms with E-state index in [1.807, 2.05) is 29.2 Å². The van der Waals surface area contributed by atoms with Crippen LogP contribution in [-0.4, -0.2) is 61.6 Å².